The Balaban J connectivity index is 3.87. The van der Waals surface area contributed by atoms with Gasteiger partial charge in [0.25, 0.3) is 0 Å². The zero-order valence-electron chi connectivity index (χ0n) is 25.6. The van der Waals surface area contributed by atoms with Crippen molar-refractivity contribution in [1.29, 1.82) is 0 Å². The van der Waals surface area contributed by atoms with Crippen molar-refractivity contribution >= 4 is 11.9 Å². The highest BCUT2D eigenvalue weighted by Gasteiger charge is 2.15. The Labute approximate surface area is 249 Å². The number of hydrogen-bond donors (Lipinski definition) is 2. The number of rotatable bonds is 26. The van der Waals surface area contributed by atoms with Crippen molar-refractivity contribution in [3.05, 3.63) is 72.9 Å². The molecule has 0 aliphatic carbocycles. The van der Waals surface area contributed by atoms with E-state index in [9.17, 15) is 19.8 Å². The number of esters is 2. The van der Waals surface area contributed by atoms with E-state index in [1.165, 1.54) is 25.7 Å². The Morgan fingerprint density at radius 2 is 1.34 bits per heavy atom. The zero-order chi connectivity index (χ0) is 30.2. The van der Waals surface area contributed by atoms with Crippen LogP contribution in [0, 0.1) is 0 Å². The molecule has 6 nitrogen and oxygen atoms in total. The van der Waals surface area contributed by atoms with Gasteiger partial charge in [-0.05, 0) is 44.9 Å². The fourth-order valence-electron chi connectivity index (χ4n) is 3.72. The summed E-state index contributed by atoms with van der Waals surface area (Å²) >= 11 is 0. The molecule has 41 heavy (non-hydrogen) atoms. The fraction of sp³-hybridized carbons (Fsp3) is 0.600. The second-order valence-electron chi connectivity index (χ2n) is 10.0. The first kappa shape index (κ1) is 38.3. The van der Waals surface area contributed by atoms with Crippen LogP contribution in [0.4, 0.5) is 0 Å². The number of unbranched alkanes of at least 4 members (excludes halogenated alkanes) is 6. The lowest BCUT2D eigenvalue weighted by molar-refractivity contribution is -0.161. The van der Waals surface area contributed by atoms with E-state index < -0.39 is 12.2 Å². The quantitative estimate of drug-likeness (QED) is 0.0472. The Morgan fingerprint density at radius 1 is 0.707 bits per heavy atom. The maximum atomic E-state index is 12.0. The molecule has 0 radical (unpaired) electrons. The molecule has 0 saturated carbocycles. The van der Waals surface area contributed by atoms with Crippen molar-refractivity contribution in [3.63, 3.8) is 0 Å². The summed E-state index contributed by atoms with van der Waals surface area (Å²) in [6.45, 7) is 3.80. The number of aliphatic hydroxyl groups is 2. The molecule has 0 rings (SSSR count). The van der Waals surface area contributed by atoms with Crippen molar-refractivity contribution in [2.75, 3.05) is 13.2 Å². The van der Waals surface area contributed by atoms with Gasteiger partial charge in [0.05, 0.1) is 12.7 Å². The van der Waals surface area contributed by atoms with Crippen LogP contribution in [-0.4, -0.2) is 47.6 Å². The lowest BCUT2D eigenvalue weighted by Gasteiger charge is -2.15. The van der Waals surface area contributed by atoms with Crippen LogP contribution in [0.25, 0.3) is 0 Å². The molecule has 232 valence electrons. The molecule has 0 spiro atoms. The fourth-order valence-corrected chi connectivity index (χ4v) is 3.72. The molecule has 0 heterocycles. The number of ether oxygens (including phenoxy) is 2. The number of aliphatic hydroxyl groups excluding tert-OH is 2. The molecule has 2 N–H and O–H groups in total. The van der Waals surface area contributed by atoms with Gasteiger partial charge in [-0.2, -0.15) is 0 Å². The summed E-state index contributed by atoms with van der Waals surface area (Å²) in [6.07, 6.45) is 35.8. The van der Waals surface area contributed by atoms with Gasteiger partial charge in [0.15, 0.2) is 6.10 Å². The van der Waals surface area contributed by atoms with E-state index in [2.05, 4.69) is 44.2 Å². The number of carbonyl (C=O) groups excluding carboxylic acids is 2. The predicted molar refractivity (Wildman–Crippen MR) is 169 cm³/mol. The molecule has 0 aromatic heterocycles. The monoisotopic (exact) mass is 572 g/mol. The molecule has 0 amide bonds. The molecule has 0 saturated heterocycles. The van der Waals surface area contributed by atoms with E-state index in [1.54, 1.807) is 6.08 Å². The van der Waals surface area contributed by atoms with Gasteiger partial charge in [0, 0.05) is 12.8 Å². The van der Waals surface area contributed by atoms with Crippen LogP contribution in [0.15, 0.2) is 72.9 Å². The first-order chi connectivity index (χ1) is 20.0. The predicted octanol–water partition coefficient (Wildman–Crippen LogP) is 8.02. The number of allylic oxidation sites excluding steroid dienone is 10. The van der Waals surface area contributed by atoms with Gasteiger partial charge < -0.3 is 19.7 Å². The van der Waals surface area contributed by atoms with E-state index in [-0.39, 0.29) is 31.6 Å². The second kappa shape index (κ2) is 30.3. The Bertz CT molecular complexity index is 805. The highest BCUT2D eigenvalue weighted by atomic mass is 16.6. The maximum absolute atomic E-state index is 12.0. The highest BCUT2D eigenvalue weighted by molar-refractivity contribution is 5.70. The van der Waals surface area contributed by atoms with E-state index in [1.807, 2.05) is 36.5 Å². The van der Waals surface area contributed by atoms with Crippen molar-refractivity contribution < 1.29 is 29.3 Å². The smallest absolute Gasteiger partial charge is 0.306 e. The van der Waals surface area contributed by atoms with Crippen LogP contribution in [0.2, 0.25) is 0 Å². The molecule has 0 aliphatic rings. The third-order valence-corrected chi connectivity index (χ3v) is 6.11. The Kier molecular flexibility index (Phi) is 28.3. The van der Waals surface area contributed by atoms with Gasteiger partial charge >= 0.3 is 11.9 Å². The van der Waals surface area contributed by atoms with Crippen LogP contribution < -0.4 is 0 Å². The topological polar surface area (TPSA) is 93.1 Å². The first-order valence-electron chi connectivity index (χ1n) is 15.6. The van der Waals surface area contributed by atoms with E-state index in [4.69, 9.17) is 9.47 Å². The van der Waals surface area contributed by atoms with Crippen molar-refractivity contribution in [2.45, 2.75) is 122 Å². The standard InChI is InChI=1S/C35H56O6/c1-3-5-7-9-15-21-25-29-35(39)41-33(30-36)31-40-34(38)28-24-20-17-14-12-11-13-16-19-23-27-32(37)26-22-18-10-8-6-4-2/h6,8,11-12,16-20,22-23,27,32-33,36-37H,3-5,7,9-10,13-15,21,24-26,28-31H2,1-2H3/b8-6-,12-11-,19-16-,20-17-,22-18-,27-23+/t32?,33-/m0/s1. The highest BCUT2D eigenvalue weighted by Crippen LogP contribution is 2.10. The Morgan fingerprint density at radius 3 is 2.05 bits per heavy atom. The average Bonchev–Trinajstić information content (AvgIpc) is 2.97. The van der Waals surface area contributed by atoms with Crippen LogP contribution in [0.1, 0.15) is 110 Å². The first-order valence-corrected chi connectivity index (χ1v) is 15.6. The largest absolute Gasteiger partial charge is 0.462 e. The Hall–Kier alpha value is -2.70. The molecule has 0 aromatic carbocycles. The lowest BCUT2D eigenvalue weighted by Crippen LogP contribution is -2.28. The number of hydrogen-bond acceptors (Lipinski definition) is 6. The van der Waals surface area contributed by atoms with Crippen molar-refractivity contribution in [2.24, 2.45) is 0 Å². The van der Waals surface area contributed by atoms with E-state index in [0.717, 1.165) is 44.9 Å². The minimum atomic E-state index is -0.814. The number of carbonyl (C=O) groups is 2. The molecule has 2 atom stereocenters. The lowest BCUT2D eigenvalue weighted by atomic mass is 10.1. The van der Waals surface area contributed by atoms with Gasteiger partial charge in [0.2, 0.25) is 0 Å². The van der Waals surface area contributed by atoms with Gasteiger partial charge in [-0.3, -0.25) is 9.59 Å². The van der Waals surface area contributed by atoms with Crippen molar-refractivity contribution in [3.8, 4) is 0 Å². The van der Waals surface area contributed by atoms with Crippen LogP contribution >= 0.6 is 0 Å². The van der Waals surface area contributed by atoms with Crippen LogP contribution in [-0.2, 0) is 19.1 Å². The summed E-state index contributed by atoms with van der Waals surface area (Å²) in [5, 5.41) is 19.3. The summed E-state index contributed by atoms with van der Waals surface area (Å²) in [5.41, 5.74) is 0. The van der Waals surface area contributed by atoms with E-state index in [0.29, 0.717) is 19.3 Å². The SMILES string of the molecule is CC/C=C\C/C=C\CC(O)/C=C/C=C\C/C=C\C/C=C\CCC(=O)OC[C@H](CO)OC(=O)CCCCCCCCC. The second-order valence-corrected chi connectivity index (χ2v) is 10.0. The summed E-state index contributed by atoms with van der Waals surface area (Å²) in [5.74, 6) is -0.736. The molecule has 6 heteroatoms. The van der Waals surface area contributed by atoms with Gasteiger partial charge in [-0.25, -0.2) is 0 Å². The summed E-state index contributed by atoms with van der Waals surface area (Å²) in [7, 11) is 0. The van der Waals surface area contributed by atoms with Crippen molar-refractivity contribution in [1.82, 2.24) is 0 Å². The molecular weight excluding hydrogens is 516 g/mol. The molecule has 0 bridgehead atoms. The molecule has 0 fully saturated rings. The summed E-state index contributed by atoms with van der Waals surface area (Å²) < 4.78 is 10.4. The van der Waals surface area contributed by atoms with Gasteiger partial charge in [0.1, 0.15) is 6.61 Å². The zero-order valence-corrected chi connectivity index (χ0v) is 25.6. The summed E-state index contributed by atoms with van der Waals surface area (Å²) in [4.78, 5) is 23.9. The molecular formula is C35H56O6. The van der Waals surface area contributed by atoms with E-state index >= 15 is 0 Å². The van der Waals surface area contributed by atoms with Gasteiger partial charge in [-0.1, -0.05) is 125 Å². The van der Waals surface area contributed by atoms with Crippen LogP contribution in [0.5, 0.6) is 0 Å². The third-order valence-electron chi connectivity index (χ3n) is 6.11. The third kappa shape index (κ3) is 28.6. The maximum Gasteiger partial charge on any atom is 0.306 e. The minimum absolute atomic E-state index is 0.125. The average molecular weight is 573 g/mol. The minimum Gasteiger partial charge on any atom is -0.462 e. The molecule has 0 aromatic rings. The van der Waals surface area contributed by atoms with Gasteiger partial charge in [-0.15, -0.1) is 0 Å². The molecule has 0 aliphatic heterocycles. The normalized spacial score (nSPS) is 14.0. The summed E-state index contributed by atoms with van der Waals surface area (Å²) in [6, 6.07) is 0. The van der Waals surface area contributed by atoms with Crippen LogP contribution in [0.3, 0.4) is 0 Å². The molecule has 1 unspecified atom stereocenters.